The number of carbonyl (C=O) groups is 1. The Balaban J connectivity index is 1.31. The molecule has 0 radical (unpaired) electrons. The maximum absolute atomic E-state index is 14.8. The molecular weight excluding hydrogens is 528 g/mol. The third-order valence-corrected chi connectivity index (χ3v) is 7.02. The predicted octanol–water partition coefficient (Wildman–Crippen LogP) is 4.59. The summed E-state index contributed by atoms with van der Waals surface area (Å²) < 4.78 is 35.0. The SMILES string of the molecule is CNC1CCN(C(=O)c2coc(Nc3ncc4c(n3)-c3ccc(Cl)cc3C(c3c(F)cccc3F)=NC4)n2)C1. The molecule has 2 N–H and O–H groups in total. The van der Waals surface area contributed by atoms with Gasteiger partial charge in [0.1, 0.15) is 17.9 Å². The fourth-order valence-electron chi connectivity index (χ4n) is 4.79. The summed E-state index contributed by atoms with van der Waals surface area (Å²) in [7, 11) is 1.87. The van der Waals surface area contributed by atoms with Crippen molar-refractivity contribution in [3.8, 4) is 11.3 Å². The summed E-state index contributed by atoms with van der Waals surface area (Å²) >= 11 is 6.28. The van der Waals surface area contributed by atoms with Gasteiger partial charge in [-0.3, -0.25) is 15.1 Å². The van der Waals surface area contributed by atoms with Crippen molar-refractivity contribution in [2.45, 2.75) is 19.0 Å². The van der Waals surface area contributed by atoms with E-state index in [-0.39, 0.29) is 47.4 Å². The van der Waals surface area contributed by atoms with Crippen LogP contribution in [0.5, 0.6) is 0 Å². The second-order valence-electron chi connectivity index (χ2n) is 9.21. The summed E-state index contributed by atoms with van der Waals surface area (Å²) in [5, 5.41) is 6.45. The van der Waals surface area contributed by atoms with E-state index in [4.69, 9.17) is 16.0 Å². The fraction of sp³-hybridized carbons (Fsp3) is 0.222. The zero-order valence-corrected chi connectivity index (χ0v) is 21.5. The Morgan fingerprint density at radius 2 is 1.97 bits per heavy atom. The van der Waals surface area contributed by atoms with Crippen molar-refractivity contribution in [3.05, 3.63) is 87.9 Å². The summed E-state index contributed by atoms with van der Waals surface area (Å²) in [6.45, 7) is 1.33. The first kappa shape index (κ1) is 25.1. The predicted molar refractivity (Wildman–Crippen MR) is 141 cm³/mol. The van der Waals surface area contributed by atoms with Crippen LogP contribution in [-0.2, 0) is 6.54 Å². The van der Waals surface area contributed by atoms with Gasteiger partial charge in [-0.25, -0.2) is 18.7 Å². The van der Waals surface area contributed by atoms with Gasteiger partial charge in [-0.2, -0.15) is 4.98 Å². The maximum Gasteiger partial charge on any atom is 0.302 e. The number of hydrogen-bond donors (Lipinski definition) is 2. The molecule has 12 heteroatoms. The van der Waals surface area contributed by atoms with Crippen LogP contribution in [-0.4, -0.2) is 57.6 Å². The molecule has 2 aliphatic heterocycles. The van der Waals surface area contributed by atoms with E-state index in [1.165, 1.54) is 24.5 Å². The van der Waals surface area contributed by atoms with E-state index < -0.39 is 11.6 Å². The van der Waals surface area contributed by atoms with Gasteiger partial charge in [0.05, 0.1) is 23.5 Å². The molecule has 1 saturated heterocycles. The quantitative estimate of drug-likeness (QED) is 0.375. The normalized spacial score (nSPS) is 16.4. The molecule has 2 aromatic heterocycles. The standard InChI is InChI=1S/C27H22ClF2N7O2/c1-31-16-7-8-37(12-16)25(38)21-13-39-27(34-21)36-26-33-11-14-10-32-24(22-19(29)3-2-4-20(22)30)18-9-15(28)5-6-17(18)23(14)35-26/h2-6,9,11,13,16,31H,7-8,10,12H2,1H3,(H,33,34,35,36). The monoisotopic (exact) mass is 549 g/mol. The third-order valence-electron chi connectivity index (χ3n) is 6.79. The summed E-state index contributed by atoms with van der Waals surface area (Å²) in [6.07, 6.45) is 3.74. The molecule has 0 bridgehead atoms. The largest absolute Gasteiger partial charge is 0.431 e. The van der Waals surface area contributed by atoms with Crippen LogP contribution in [0.25, 0.3) is 11.3 Å². The van der Waals surface area contributed by atoms with Crippen LogP contribution in [0.2, 0.25) is 5.02 Å². The zero-order chi connectivity index (χ0) is 27.1. The average molecular weight is 550 g/mol. The summed E-state index contributed by atoms with van der Waals surface area (Å²) in [5.74, 6) is -1.52. The molecule has 9 nitrogen and oxygen atoms in total. The number of likely N-dealkylation sites (N-methyl/N-ethyl adjacent to an activating group) is 1. The van der Waals surface area contributed by atoms with E-state index >= 15 is 0 Å². The lowest BCUT2D eigenvalue weighted by Gasteiger charge is -2.14. The molecule has 2 aromatic carbocycles. The highest BCUT2D eigenvalue weighted by Gasteiger charge is 2.28. The number of oxazole rings is 1. The van der Waals surface area contributed by atoms with Gasteiger partial charge in [0.15, 0.2) is 5.69 Å². The minimum absolute atomic E-state index is 0.0537. The summed E-state index contributed by atoms with van der Waals surface area (Å²) in [5.41, 5.74) is 2.23. The molecule has 4 heterocycles. The van der Waals surface area contributed by atoms with Crippen molar-refractivity contribution in [2.75, 3.05) is 25.5 Å². The highest BCUT2D eigenvalue weighted by molar-refractivity contribution is 6.31. The van der Waals surface area contributed by atoms with Crippen molar-refractivity contribution < 1.29 is 18.0 Å². The number of benzene rings is 2. The maximum atomic E-state index is 14.8. The van der Waals surface area contributed by atoms with Crippen molar-refractivity contribution in [1.82, 2.24) is 25.2 Å². The number of likely N-dealkylation sites (tertiary alicyclic amines) is 1. The van der Waals surface area contributed by atoms with Crippen molar-refractivity contribution in [3.63, 3.8) is 0 Å². The number of rotatable bonds is 5. The molecule has 6 rings (SSSR count). The Morgan fingerprint density at radius 3 is 2.74 bits per heavy atom. The van der Waals surface area contributed by atoms with E-state index in [0.717, 1.165) is 6.42 Å². The molecule has 1 unspecified atom stereocenters. The van der Waals surface area contributed by atoms with Crippen molar-refractivity contribution in [2.24, 2.45) is 4.99 Å². The number of carbonyl (C=O) groups excluding carboxylic acids is 1. The number of anilines is 2. The summed E-state index contributed by atoms with van der Waals surface area (Å²) in [6, 6.07) is 8.98. The van der Waals surface area contributed by atoms with Gasteiger partial charge in [-0.1, -0.05) is 23.7 Å². The Hall–Kier alpha value is -4.22. The highest BCUT2D eigenvalue weighted by atomic mass is 35.5. The number of fused-ring (bicyclic) bond motifs is 3. The minimum atomic E-state index is -0.733. The van der Waals surface area contributed by atoms with Gasteiger partial charge in [0.25, 0.3) is 5.91 Å². The number of nitrogens with one attached hydrogen (secondary N) is 2. The second-order valence-corrected chi connectivity index (χ2v) is 9.64. The Labute approximate surface area is 227 Å². The highest BCUT2D eigenvalue weighted by Crippen LogP contribution is 2.34. The van der Waals surface area contributed by atoms with Crippen LogP contribution in [0.15, 0.2) is 58.3 Å². The average Bonchev–Trinajstić information content (AvgIpc) is 3.57. The molecule has 0 spiro atoms. The van der Waals surface area contributed by atoms with Crippen LogP contribution < -0.4 is 10.6 Å². The fourth-order valence-corrected chi connectivity index (χ4v) is 4.96. The van der Waals surface area contributed by atoms with Crippen molar-refractivity contribution in [1.29, 1.82) is 0 Å². The van der Waals surface area contributed by atoms with Crippen LogP contribution in [0, 0.1) is 11.6 Å². The molecule has 39 heavy (non-hydrogen) atoms. The molecule has 1 fully saturated rings. The Bertz CT molecular complexity index is 1600. The van der Waals surface area contributed by atoms with Gasteiger partial charge in [0, 0.05) is 47.0 Å². The number of aliphatic imine (C=N–C) groups is 1. The molecule has 0 saturated carbocycles. The van der Waals surface area contributed by atoms with E-state index in [2.05, 4.69) is 30.6 Å². The van der Waals surface area contributed by atoms with Crippen LogP contribution in [0.4, 0.5) is 20.7 Å². The molecular formula is C27H22ClF2N7O2. The van der Waals surface area contributed by atoms with E-state index in [0.29, 0.717) is 40.5 Å². The topological polar surface area (TPSA) is 109 Å². The molecule has 0 aliphatic carbocycles. The number of nitrogens with zero attached hydrogens (tertiary/aromatic N) is 5. The lowest BCUT2D eigenvalue weighted by molar-refractivity contribution is 0.0784. The first-order valence-corrected chi connectivity index (χ1v) is 12.6. The van der Waals surface area contributed by atoms with Crippen LogP contribution in [0.3, 0.4) is 0 Å². The summed E-state index contributed by atoms with van der Waals surface area (Å²) in [4.78, 5) is 32.3. The van der Waals surface area contributed by atoms with E-state index in [1.54, 1.807) is 29.3 Å². The minimum Gasteiger partial charge on any atom is -0.431 e. The van der Waals surface area contributed by atoms with Gasteiger partial charge in [-0.15, -0.1) is 0 Å². The van der Waals surface area contributed by atoms with Gasteiger partial charge < -0.3 is 14.6 Å². The first-order chi connectivity index (χ1) is 18.9. The molecule has 2 aliphatic rings. The van der Waals surface area contributed by atoms with E-state index in [9.17, 15) is 13.6 Å². The van der Waals surface area contributed by atoms with Crippen LogP contribution in [0.1, 0.15) is 33.6 Å². The molecule has 1 atom stereocenters. The smallest absolute Gasteiger partial charge is 0.302 e. The van der Waals surface area contributed by atoms with E-state index in [1.807, 2.05) is 7.05 Å². The number of halogens is 3. The molecule has 198 valence electrons. The lowest BCUT2D eigenvalue weighted by atomic mass is 9.95. The number of hydrogen-bond acceptors (Lipinski definition) is 8. The number of amides is 1. The van der Waals surface area contributed by atoms with Crippen LogP contribution >= 0.6 is 11.6 Å². The van der Waals surface area contributed by atoms with Crippen molar-refractivity contribution >= 4 is 35.2 Å². The Morgan fingerprint density at radius 1 is 1.15 bits per heavy atom. The second kappa shape index (κ2) is 10.2. The third kappa shape index (κ3) is 4.75. The Kier molecular flexibility index (Phi) is 6.53. The van der Waals surface area contributed by atoms with Gasteiger partial charge in [-0.05, 0) is 37.7 Å². The lowest BCUT2D eigenvalue weighted by Crippen LogP contribution is -2.33. The van der Waals surface area contributed by atoms with Gasteiger partial charge in [0.2, 0.25) is 5.95 Å². The number of aromatic nitrogens is 3. The van der Waals surface area contributed by atoms with Gasteiger partial charge >= 0.3 is 6.01 Å². The first-order valence-electron chi connectivity index (χ1n) is 12.3. The molecule has 4 aromatic rings. The zero-order valence-electron chi connectivity index (χ0n) is 20.7. The molecule has 1 amide bonds.